The van der Waals surface area contributed by atoms with Gasteiger partial charge in [0.25, 0.3) is 0 Å². The molecule has 0 aliphatic rings. The highest BCUT2D eigenvalue weighted by Crippen LogP contribution is 2.32. The van der Waals surface area contributed by atoms with Crippen LogP contribution in [0.3, 0.4) is 0 Å². The average Bonchev–Trinajstić information content (AvgIpc) is 2.59. The Morgan fingerprint density at radius 1 is 0.500 bits per heavy atom. The molecular weight excluding hydrogens is 283 g/mol. The topological polar surface area (TPSA) is 0 Å². The molecule has 112 valence electrons. The maximum Gasteiger partial charge on any atom is -0.0134 e. The summed E-state index contributed by atoms with van der Waals surface area (Å²) in [6.45, 7) is 4.25. The van der Waals surface area contributed by atoms with Crippen molar-refractivity contribution in [3.8, 4) is 0 Å². The summed E-state index contributed by atoms with van der Waals surface area (Å²) in [5.74, 6) is 0. The van der Waals surface area contributed by atoms with Gasteiger partial charge in [0.1, 0.15) is 0 Å². The van der Waals surface area contributed by atoms with Crippen molar-refractivity contribution in [3.63, 3.8) is 0 Å². The smallest absolute Gasteiger partial charge is 0.0134 e. The Balaban J connectivity index is 0.000000545. The van der Waals surface area contributed by atoms with Gasteiger partial charge in [-0.2, -0.15) is 0 Å². The Kier molecular flexibility index (Phi) is 6.87. The van der Waals surface area contributed by atoms with E-state index in [1.54, 1.807) is 0 Å². The molecular formula is C21H23P. The van der Waals surface area contributed by atoms with Crippen LogP contribution in [-0.4, -0.2) is 0 Å². The summed E-state index contributed by atoms with van der Waals surface area (Å²) in [4.78, 5) is 0. The van der Waals surface area contributed by atoms with Gasteiger partial charge in [-0.1, -0.05) is 111 Å². The summed E-state index contributed by atoms with van der Waals surface area (Å²) in [6, 6.07) is 32.3. The van der Waals surface area contributed by atoms with Crippen molar-refractivity contribution in [2.75, 3.05) is 0 Å². The molecule has 0 bridgehead atoms. The van der Waals surface area contributed by atoms with E-state index in [0.29, 0.717) is 0 Å². The maximum atomic E-state index is 2.23. The molecule has 3 aromatic rings. The van der Waals surface area contributed by atoms with Gasteiger partial charge in [-0.15, -0.1) is 0 Å². The van der Waals surface area contributed by atoms with E-state index >= 15 is 0 Å². The highest BCUT2D eigenvalue weighted by Gasteiger charge is 2.14. The van der Waals surface area contributed by atoms with E-state index in [9.17, 15) is 0 Å². The van der Waals surface area contributed by atoms with Crippen LogP contribution in [0.15, 0.2) is 91.0 Å². The van der Waals surface area contributed by atoms with Gasteiger partial charge < -0.3 is 0 Å². The zero-order chi connectivity index (χ0) is 15.6. The third-order valence-electron chi connectivity index (χ3n) is 3.04. The van der Waals surface area contributed by atoms with Crippen LogP contribution in [0.4, 0.5) is 0 Å². The standard InChI is InChI=1S/C18H15P.C3H8/c1-4-10-16(11-5-1)19(17-12-6-2-7-13-17)18-14-8-3-9-15-18;1-3-2/h1-15H;3H2,1-2H3. The molecule has 22 heavy (non-hydrogen) atoms. The normalized spacial score (nSPS) is 9.95. The lowest BCUT2D eigenvalue weighted by Gasteiger charge is -2.18. The van der Waals surface area contributed by atoms with Crippen LogP contribution in [0.2, 0.25) is 0 Å². The predicted octanol–water partition coefficient (Wildman–Crippen LogP) is 4.86. The fourth-order valence-corrected chi connectivity index (χ4v) is 4.48. The van der Waals surface area contributed by atoms with Crippen LogP contribution in [0.1, 0.15) is 20.3 Å². The fourth-order valence-electron chi connectivity index (χ4n) is 2.18. The minimum Gasteiger partial charge on any atom is -0.0656 e. The summed E-state index contributed by atoms with van der Waals surface area (Å²) in [6.07, 6.45) is 1.25. The van der Waals surface area contributed by atoms with Crippen LogP contribution < -0.4 is 15.9 Å². The Hall–Kier alpha value is -1.91. The first-order chi connectivity index (χ1) is 10.9. The van der Waals surface area contributed by atoms with Gasteiger partial charge >= 0.3 is 0 Å². The van der Waals surface area contributed by atoms with Crippen molar-refractivity contribution in [2.24, 2.45) is 0 Å². The second-order valence-electron chi connectivity index (χ2n) is 5.05. The summed E-state index contributed by atoms with van der Waals surface area (Å²) >= 11 is 0. The van der Waals surface area contributed by atoms with Crippen molar-refractivity contribution in [3.05, 3.63) is 91.0 Å². The molecule has 0 spiro atoms. The molecule has 3 rings (SSSR count). The Morgan fingerprint density at radius 2 is 0.727 bits per heavy atom. The zero-order valence-corrected chi connectivity index (χ0v) is 14.2. The molecule has 0 aromatic heterocycles. The second-order valence-corrected chi connectivity index (χ2v) is 7.27. The molecule has 3 aromatic carbocycles. The molecule has 0 aliphatic heterocycles. The molecule has 0 saturated carbocycles. The van der Waals surface area contributed by atoms with Crippen molar-refractivity contribution >= 4 is 23.8 Å². The lowest BCUT2D eigenvalue weighted by Crippen LogP contribution is -2.20. The Labute approximate surface area is 135 Å². The molecule has 0 heterocycles. The zero-order valence-electron chi connectivity index (χ0n) is 13.3. The third-order valence-corrected chi connectivity index (χ3v) is 5.49. The van der Waals surface area contributed by atoms with E-state index in [4.69, 9.17) is 0 Å². The van der Waals surface area contributed by atoms with E-state index < -0.39 is 7.92 Å². The van der Waals surface area contributed by atoms with E-state index in [0.717, 1.165) is 0 Å². The van der Waals surface area contributed by atoms with Crippen molar-refractivity contribution < 1.29 is 0 Å². The van der Waals surface area contributed by atoms with E-state index in [2.05, 4.69) is 105 Å². The lowest BCUT2D eigenvalue weighted by molar-refractivity contribution is 1.09. The number of benzene rings is 3. The van der Waals surface area contributed by atoms with Gasteiger partial charge in [-0.3, -0.25) is 0 Å². The summed E-state index contributed by atoms with van der Waals surface area (Å²) in [7, 11) is -0.446. The van der Waals surface area contributed by atoms with Crippen LogP contribution in [-0.2, 0) is 0 Å². The molecule has 0 fully saturated rings. The molecule has 0 nitrogen and oxygen atoms in total. The van der Waals surface area contributed by atoms with Gasteiger partial charge in [0.2, 0.25) is 0 Å². The quantitative estimate of drug-likeness (QED) is 0.606. The predicted molar refractivity (Wildman–Crippen MR) is 101 cm³/mol. The highest BCUT2D eigenvalue weighted by molar-refractivity contribution is 7.79. The average molecular weight is 306 g/mol. The molecule has 0 aliphatic carbocycles. The highest BCUT2D eigenvalue weighted by atomic mass is 31.1. The molecule has 0 unspecified atom stereocenters. The Morgan fingerprint density at radius 3 is 0.955 bits per heavy atom. The van der Waals surface area contributed by atoms with E-state index in [1.165, 1.54) is 22.3 Å². The first-order valence-corrected chi connectivity index (χ1v) is 9.16. The number of hydrogen-bond acceptors (Lipinski definition) is 0. The molecule has 0 radical (unpaired) electrons. The SMILES string of the molecule is CCC.c1ccc(P(c2ccccc2)c2ccccc2)cc1. The minimum atomic E-state index is -0.446. The van der Waals surface area contributed by atoms with Crippen LogP contribution in [0, 0.1) is 0 Å². The lowest BCUT2D eigenvalue weighted by atomic mass is 10.4. The summed E-state index contributed by atoms with van der Waals surface area (Å²) in [5, 5.41) is 4.19. The molecule has 1 heteroatoms. The van der Waals surface area contributed by atoms with Gasteiger partial charge in [-0.25, -0.2) is 0 Å². The third kappa shape index (κ3) is 4.55. The summed E-state index contributed by atoms with van der Waals surface area (Å²) < 4.78 is 0. The Bertz CT molecular complexity index is 539. The monoisotopic (exact) mass is 306 g/mol. The van der Waals surface area contributed by atoms with Gasteiger partial charge in [-0.05, 0) is 23.8 Å². The van der Waals surface area contributed by atoms with E-state index in [1.807, 2.05) is 0 Å². The van der Waals surface area contributed by atoms with Gasteiger partial charge in [0, 0.05) is 0 Å². The van der Waals surface area contributed by atoms with Gasteiger partial charge in [0.05, 0.1) is 0 Å². The van der Waals surface area contributed by atoms with Gasteiger partial charge in [0.15, 0.2) is 0 Å². The molecule has 0 amide bonds. The minimum absolute atomic E-state index is 0.446. The second kappa shape index (κ2) is 9.18. The molecule has 0 atom stereocenters. The fraction of sp³-hybridized carbons (Fsp3) is 0.143. The number of rotatable bonds is 3. The van der Waals surface area contributed by atoms with Crippen molar-refractivity contribution in [1.82, 2.24) is 0 Å². The molecule has 0 saturated heterocycles. The maximum absolute atomic E-state index is 2.23. The van der Waals surface area contributed by atoms with E-state index in [-0.39, 0.29) is 0 Å². The van der Waals surface area contributed by atoms with Crippen LogP contribution in [0.25, 0.3) is 0 Å². The largest absolute Gasteiger partial charge is 0.0656 e. The first kappa shape index (κ1) is 16.5. The van der Waals surface area contributed by atoms with Crippen molar-refractivity contribution in [2.45, 2.75) is 20.3 Å². The van der Waals surface area contributed by atoms with Crippen LogP contribution >= 0.6 is 7.92 Å². The first-order valence-electron chi connectivity index (χ1n) is 7.82. The number of hydrogen-bond donors (Lipinski definition) is 0. The van der Waals surface area contributed by atoms with Crippen LogP contribution in [0.5, 0.6) is 0 Å². The summed E-state index contributed by atoms with van der Waals surface area (Å²) in [5.41, 5.74) is 0. The van der Waals surface area contributed by atoms with Crippen molar-refractivity contribution in [1.29, 1.82) is 0 Å². The molecule has 0 N–H and O–H groups in total.